The summed E-state index contributed by atoms with van der Waals surface area (Å²) in [5.41, 5.74) is 6.40. The van der Waals surface area contributed by atoms with Gasteiger partial charge in [-0.3, -0.25) is 9.59 Å². The van der Waals surface area contributed by atoms with Crippen molar-refractivity contribution in [1.82, 2.24) is 0 Å². The molecule has 1 fully saturated rings. The lowest BCUT2D eigenvalue weighted by molar-refractivity contribution is -0.152. The molecule has 4 nitrogen and oxygen atoms in total. The van der Waals surface area contributed by atoms with Crippen LogP contribution in [0.3, 0.4) is 0 Å². The van der Waals surface area contributed by atoms with E-state index < -0.39 is 17.1 Å². The molecule has 0 saturated carbocycles. The van der Waals surface area contributed by atoms with Gasteiger partial charge in [-0.25, -0.2) is 0 Å². The number of fused-ring (bicyclic) bond motifs is 1. The van der Waals surface area contributed by atoms with Crippen molar-refractivity contribution in [3.63, 3.8) is 0 Å². The number of benzene rings is 1. The number of ether oxygens (including phenoxy) is 1. The maximum absolute atomic E-state index is 12.5. The number of hydrogen-bond acceptors (Lipinski definition) is 4. The van der Waals surface area contributed by atoms with Gasteiger partial charge in [-0.2, -0.15) is 0 Å². The third kappa shape index (κ3) is 2.95. The van der Waals surface area contributed by atoms with E-state index in [1.807, 2.05) is 54.6 Å². The second-order valence-electron chi connectivity index (χ2n) is 5.39. The maximum atomic E-state index is 12.5. The molecule has 0 aromatic heterocycles. The van der Waals surface area contributed by atoms with Crippen LogP contribution in [0.4, 0.5) is 0 Å². The molecular formula is C17H17NO3S. The SMILES string of the molecule is NC(=O)C1SC2C=CC=CC2C1C(=O)OCc1ccccc1. The largest absolute Gasteiger partial charge is 0.461 e. The Hall–Kier alpha value is -2.01. The number of esters is 1. The number of allylic oxidation sites excluding steroid dienone is 3. The van der Waals surface area contributed by atoms with Crippen LogP contribution in [0.15, 0.2) is 54.6 Å². The van der Waals surface area contributed by atoms with Gasteiger partial charge in [0.1, 0.15) is 6.61 Å². The lowest BCUT2D eigenvalue weighted by atomic mass is 9.84. The van der Waals surface area contributed by atoms with E-state index in [0.29, 0.717) is 0 Å². The summed E-state index contributed by atoms with van der Waals surface area (Å²) in [6, 6.07) is 9.49. The molecule has 1 aliphatic carbocycles. The number of amides is 1. The van der Waals surface area contributed by atoms with Gasteiger partial charge in [0.25, 0.3) is 0 Å². The average molecular weight is 315 g/mol. The van der Waals surface area contributed by atoms with Crippen molar-refractivity contribution in [2.45, 2.75) is 17.1 Å². The Morgan fingerprint density at radius 1 is 1.14 bits per heavy atom. The minimum absolute atomic E-state index is 0.0317. The van der Waals surface area contributed by atoms with Crippen LogP contribution in [0, 0.1) is 11.8 Å². The number of primary amides is 1. The lowest BCUT2D eigenvalue weighted by Gasteiger charge is -2.21. The molecule has 1 aromatic rings. The molecule has 0 bridgehead atoms. The summed E-state index contributed by atoms with van der Waals surface area (Å²) in [5, 5.41) is -0.428. The topological polar surface area (TPSA) is 69.4 Å². The molecule has 3 rings (SSSR count). The van der Waals surface area contributed by atoms with Gasteiger partial charge < -0.3 is 10.5 Å². The fraction of sp³-hybridized carbons (Fsp3) is 0.294. The quantitative estimate of drug-likeness (QED) is 0.864. The van der Waals surface area contributed by atoms with Gasteiger partial charge in [0, 0.05) is 11.2 Å². The van der Waals surface area contributed by atoms with E-state index in [4.69, 9.17) is 10.5 Å². The number of rotatable bonds is 4. The molecule has 1 aliphatic heterocycles. The van der Waals surface area contributed by atoms with Crippen molar-refractivity contribution in [3.05, 3.63) is 60.2 Å². The molecule has 4 unspecified atom stereocenters. The van der Waals surface area contributed by atoms with E-state index in [2.05, 4.69) is 0 Å². The van der Waals surface area contributed by atoms with Crippen LogP contribution in [0.5, 0.6) is 0 Å². The molecule has 114 valence electrons. The molecule has 0 spiro atoms. The van der Waals surface area contributed by atoms with Gasteiger partial charge in [-0.15, -0.1) is 11.8 Å². The van der Waals surface area contributed by atoms with E-state index in [1.54, 1.807) is 0 Å². The van der Waals surface area contributed by atoms with Crippen molar-refractivity contribution >= 4 is 23.6 Å². The molecule has 0 radical (unpaired) electrons. The van der Waals surface area contributed by atoms with Gasteiger partial charge in [-0.1, -0.05) is 54.6 Å². The summed E-state index contributed by atoms with van der Waals surface area (Å²) in [6.45, 7) is 0.212. The third-order valence-corrected chi connectivity index (χ3v) is 5.55. The van der Waals surface area contributed by atoms with Gasteiger partial charge in [-0.05, 0) is 5.56 Å². The van der Waals surface area contributed by atoms with Crippen molar-refractivity contribution in [2.75, 3.05) is 0 Å². The molecule has 2 N–H and O–H groups in total. The minimum Gasteiger partial charge on any atom is -0.461 e. The second-order valence-corrected chi connectivity index (χ2v) is 6.71. The van der Waals surface area contributed by atoms with Gasteiger partial charge in [0.2, 0.25) is 5.91 Å². The Bertz CT molecular complexity index is 626. The fourth-order valence-electron chi connectivity index (χ4n) is 2.87. The van der Waals surface area contributed by atoms with E-state index in [-0.39, 0.29) is 23.7 Å². The number of hydrogen-bond donors (Lipinski definition) is 1. The molecule has 1 heterocycles. The van der Waals surface area contributed by atoms with Crippen molar-refractivity contribution in [1.29, 1.82) is 0 Å². The van der Waals surface area contributed by atoms with E-state index in [1.165, 1.54) is 11.8 Å². The van der Waals surface area contributed by atoms with Gasteiger partial charge in [0.15, 0.2) is 0 Å². The summed E-state index contributed by atoms with van der Waals surface area (Å²) in [4.78, 5) is 24.2. The zero-order chi connectivity index (χ0) is 15.5. The van der Waals surface area contributed by atoms with Crippen molar-refractivity contribution in [2.24, 2.45) is 17.6 Å². The zero-order valence-electron chi connectivity index (χ0n) is 11.9. The predicted octanol–water partition coefficient (Wildman–Crippen LogP) is 2.06. The summed E-state index contributed by atoms with van der Waals surface area (Å²) in [6.07, 6.45) is 7.82. The zero-order valence-corrected chi connectivity index (χ0v) is 12.7. The highest BCUT2D eigenvalue weighted by Crippen LogP contribution is 2.46. The standard InChI is InChI=1S/C17H17NO3S/c18-16(19)15-14(12-8-4-5-9-13(12)22-15)17(20)21-10-11-6-2-1-3-7-11/h1-9,12-15H,10H2,(H2,18,19). The smallest absolute Gasteiger partial charge is 0.311 e. The molecule has 1 aromatic carbocycles. The van der Waals surface area contributed by atoms with E-state index >= 15 is 0 Å². The Kier molecular flexibility index (Phi) is 4.34. The van der Waals surface area contributed by atoms with Crippen molar-refractivity contribution in [3.8, 4) is 0 Å². The Morgan fingerprint density at radius 3 is 2.59 bits per heavy atom. The highest BCUT2D eigenvalue weighted by molar-refractivity contribution is 8.01. The first-order valence-electron chi connectivity index (χ1n) is 7.17. The summed E-state index contributed by atoms with van der Waals surface area (Å²) >= 11 is 1.45. The van der Waals surface area contributed by atoms with Crippen LogP contribution in [0.25, 0.3) is 0 Å². The fourth-order valence-corrected chi connectivity index (χ4v) is 4.43. The average Bonchev–Trinajstić information content (AvgIpc) is 2.93. The molecule has 4 atom stereocenters. The lowest BCUT2D eigenvalue weighted by Crippen LogP contribution is -2.37. The summed E-state index contributed by atoms with van der Waals surface area (Å²) in [7, 11) is 0. The van der Waals surface area contributed by atoms with Crippen LogP contribution >= 0.6 is 11.8 Å². The molecule has 2 aliphatic rings. The van der Waals surface area contributed by atoms with Crippen LogP contribution in [-0.4, -0.2) is 22.4 Å². The first kappa shape index (κ1) is 14.9. The number of thioether (sulfide) groups is 1. The third-order valence-electron chi connectivity index (χ3n) is 3.95. The van der Waals surface area contributed by atoms with Crippen LogP contribution in [0.2, 0.25) is 0 Å². The van der Waals surface area contributed by atoms with Gasteiger partial charge >= 0.3 is 5.97 Å². The van der Waals surface area contributed by atoms with Gasteiger partial charge in [0.05, 0.1) is 11.2 Å². The highest BCUT2D eigenvalue weighted by Gasteiger charge is 2.49. The first-order chi connectivity index (χ1) is 10.7. The van der Waals surface area contributed by atoms with Crippen LogP contribution < -0.4 is 5.73 Å². The van der Waals surface area contributed by atoms with Crippen LogP contribution in [-0.2, 0) is 20.9 Å². The molecule has 1 saturated heterocycles. The second kappa shape index (κ2) is 6.40. The molecular weight excluding hydrogens is 298 g/mol. The number of carbonyl (C=O) groups excluding carboxylic acids is 2. The van der Waals surface area contributed by atoms with Crippen molar-refractivity contribution < 1.29 is 14.3 Å². The Balaban J connectivity index is 1.72. The van der Waals surface area contributed by atoms with E-state index in [0.717, 1.165) is 5.56 Å². The molecule has 5 heteroatoms. The monoisotopic (exact) mass is 315 g/mol. The van der Waals surface area contributed by atoms with E-state index in [9.17, 15) is 9.59 Å². The molecule has 1 amide bonds. The maximum Gasteiger partial charge on any atom is 0.311 e. The summed E-state index contributed by atoms with van der Waals surface area (Å²) < 4.78 is 5.42. The Morgan fingerprint density at radius 2 is 1.86 bits per heavy atom. The number of nitrogens with two attached hydrogens (primary N) is 1. The highest BCUT2D eigenvalue weighted by atomic mass is 32.2. The minimum atomic E-state index is -0.536. The predicted molar refractivity (Wildman–Crippen MR) is 85.9 cm³/mol. The Labute approximate surface area is 133 Å². The molecule has 22 heavy (non-hydrogen) atoms. The normalized spacial score (nSPS) is 29.1. The first-order valence-corrected chi connectivity index (χ1v) is 8.11. The van der Waals surface area contributed by atoms with Crippen LogP contribution in [0.1, 0.15) is 5.56 Å². The summed E-state index contributed by atoms with van der Waals surface area (Å²) in [5.74, 6) is -1.36. The number of carbonyl (C=O) groups is 2.